The quantitative estimate of drug-likeness (QED) is 0.303. The Kier molecular flexibility index (Phi) is 6.86. The number of hydrogen-bond donors (Lipinski definition) is 4. The van der Waals surface area contributed by atoms with E-state index in [0.29, 0.717) is 11.3 Å². The maximum absolute atomic E-state index is 12.5. The lowest BCUT2D eigenvalue weighted by atomic mass is 10.1. The fraction of sp³-hybridized carbons (Fsp3) is 0.136. The second-order valence-corrected chi connectivity index (χ2v) is 8.69. The number of carbonyl (C=O) groups is 2. The fourth-order valence-electron chi connectivity index (χ4n) is 2.92. The third-order valence-electron chi connectivity index (χ3n) is 4.65. The molecular weight excluding hydrogens is 434 g/mol. The highest BCUT2D eigenvalue weighted by atomic mass is 32.2. The first-order valence-electron chi connectivity index (χ1n) is 9.55. The first kappa shape index (κ1) is 22.9. The third kappa shape index (κ3) is 5.48. The Hall–Kier alpha value is -3.76. The summed E-state index contributed by atoms with van der Waals surface area (Å²) >= 11 is 0. The molecule has 4 N–H and O–H groups in total. The summed E-state index contributed by atoms with van der Waals surface area (Å²) in [7, 11) is -3.83. The van der Waals surface area contributed by atoms with E-state index in [1.54, 1.807) is 13.0 Å². The summed E-state index contributed by atoms with van der Waals surface area (Å²) in [5.41, 5.74) is 3.45. The molecule has 166 valence electrons. The van der Waals surface area contributed by atoms with Gasteiger partial charge >= 0.3 is 5.97 Å². The van der Waals surface area contributed by atoms with Crippen LogP contribution in [-0.2, 0) is 14.8 Å². The minimum atomic E-state index is -3.83. The topological polar surface area (TPSA) is 145 Å². The molecule has 0 aliphatic carbocycles. The first-order valence-corrected chi connectivity index (χ1v) is 11.0. The van der Waals surface area contributed by atoms with Gasteiger partial charge < -0.3 is 10.2 Å². The zero-order valence-corrected chi connectivity index (χ0v) is 17.9. The van der Waals surface area contributed by atoms with Crippen LogP contribution in [0.3, 0.4) is 0 Å². The van der Waals surface area contributed by atoms with E-state index in [-0.39, 0.29) is 29.2 Å². The van der Waals surface area contributed by atoms with Crippen molar-refractivity contribution in [2.75, 3.05) is 6.54 Å². The van der Waals surface area contributed by atoms with Crippen molar-refractivity contribution in [1.82, 2.24) is 10.1 Å². The van der Waals surface area contributed by atoms with E-state index in [2.05, 4.69) is 15.2 Å². The maximum Gasteiger partial charge on any atom is 0.304 e. The second kappa shape index (κ2) is 9.58. The summed E-state index contributed by atoms with van der Waals surface area (Å²) < 4.78 is 26.6. The maximum atomic E-state index is 12.5. The number of nitrogens with zero attached hydrogens (tertiary/aromatic N) is 1. The number of phenolic OH excluding ortho intramolecular Hbond substituents is 1. The van der Waals surface area contributed by atoms with Crippen LogP contribution in [0.4, 0.5) is 0 Å². The largest absolute Gasteiger partial charge is 0.507 e. The predicted molar refractivity (Wildman–Crippen MR) is 119 cm³/mol. The van der Waals surface area contributed by atoms with Gasteiger partial charge in [-0.05, 0) is 47.5 Å². The number of phenols is 1. The van der Waals surface area contributed by atoms with Crippen molar-refractivity contribution in [3.05, 3.63) is 71.8 Å². The molecule has 32 heavy (non-hydrogen) atoms. The number of nitrogens with one attached hydrogen (secondary N) is 2. The molecule has 3 aromatic rings. The van der Waals surface area contributed by atoms with Crippen LogP contribution in [-0.4, -0.2) is 42.8 Å². The van der Waals surface area contributed by atoms with Gasteiger partial charge in [-0.1, -0.05) is 36.4 Å². The summed E-state index contributed by atoms with van der Waals surface area (Å²) in [6, 6.07) is 16.1. The van der Waals surface area contributed by atoms with E-state index in [1.807, 2.05) is 24.3 Å². The van der Waals surface area contributed by atoms with Gasteiger partial charge in [-0.25, -0.2) is 18.6 Å². The molecule has 0 fully saturated rings. The number of fused-ring (bicyclic) bond motifs is 1. The first-order chi connectivity index (χ1) is 15.2. The van der Waals surface area contributed by atoms with Gasteiger partial charge in [0.05, 0.1) is 22.6 Å². The van der Waals surface area contributed by atoms with Crippen molar-refractivity contribution in [2.24, 2.45) is 5.10 Å². The van der Waals surface area contributed by atoms with E-state index in [4.69, 9.17) is 5.11 Å². The molecule has 0 bridgehead atoms. The van der Waals surface area contributed by atoms with Crippen LogP contribution >= 0.6 is 0 Å². The second-order valence-electron chi connectivity index (χ2n) is 6.92. The van der Waals surface area contributed by atoms with E-state index in [0.717, 1.165) is 10.8 Å². The molecule has 3 aromatic carbocycles. The van der Waals surface area contributed by atoms with Crippen molar-refractivity contribution >= 4 is 38.4 Å². The number of amides is 1. The van der Waals surface area contributed by atoms with Gasteiger partial charge in [-0.3, -0.25) is 9.59 Å². The number of carbonyl (C=O) groups excluding carboxylic acids is 1. The molecule has 0 aliphatic heterocycles. The Labute approximate surface area is 184 Å². The summed E-state index contributed by atoms with van der Waals surface area (Å²) in [6.45, 7) is 1.42. The third-order valence-corrected chi connectivity index (χ3v) is 6.12. The number of hydrogen-bond acceptors (Lipinski definition) is 6. The van der Waals surface area contributed by atoms with Crippen molar-refractivity contribution in [1.29, 1.82) is 0 Å². The Bertz CT molecular complexity index is 1300. The summed E-state index contributed by atoms with van der Waals surface area (Å²) in [6.07, 6.45) is -0.324. The average Bonchev–Trinajstić information content (AvgIpc) is 2.76. The zero-order chi connectivity index (χ0) is 23.3. The van der Waals surface area contributed by atoms with Crippen molar-refractivity contribution in [3.63, 3.8) is 0 Å². The molecule has 0 saturated heterocycles. The van der Waals surface area contributed by atoms with Crippen molar-refractivity contribution in [3.8, 4) is 5.75 Å². The minimum absolute atomic E-state index is 0.0236. The molecule has 0 spiro atoms. The number of carboxylic acid groups (broad SMARTS) is 1. The minimum Gasteiger partial charge on any atom is -0.507 e. The SMILES string of the molecule is C/C(=N\NC(=O)c1cc2ccccc2cc1O)c1ccc(S(=O)(=O)NCCC(=O)O)cc1. The molecule has 0 heterocycles. The molecule has 10 heteroatoms. The lowest BCUT2D eigenvalue weighted by Gasteiger charge is -2.08. The fourth-order valence-corrected chi connectivity index (χ4v) is 3.95. The van der Waals surface area contributed by atoms with Gasteiger partial charge in [0.25, 0.3) is 5.91 Å². The molecule has 0 unspecified atom stereocenters. The smallest absolute Gasteiger partial charge is 0.304 e. The lowest BCUT2D eigenvalue weighted by Crippen LogP contribution is -2.26. The van der Waals surface area contributed by atoms with Crippen LogP contribution in [0.2, 0.25) is 0 Å². The molecule has 0 aliphatic rings. The Morgan fingerprint density at radius 1 is 1.00 bits per heavy atom. The van der Waals surface area contributed by atoms with Crippen LogP contribution in [0.25, 0.3) is 10.8 Å². The predicted octanol–water partition coefficient (Wildman–Crippen LogP) is 2.45. The number of carboxylic acids is 1. The van der Waals surface area contributed by atoms with Crippen LogP contribution in [0.1, 0.15) is 29.3 Å². The number of sulfonamides is 1. The Morgan fingerprint density at radius 3 is 2.25 bits per heavy atom. The molecule has 0 aromatic heterocycles. The molecule has 0 radical (unpaired) electrons. The normalized spacial score (nSPS) is 12.0. The van der Waals surface area contributed by atoms with Crippen LogP contribution < -0.4 is 10.1 Å². The molecule has 1 amide bonds. The summed E-state index contributed by atoms with van der Waals surface area (Å²) in [4.78, 5) is 23.0. The monoisotopic (exact) mass is 455 g/mol. The average molecular weight is 455 g/mol. The number of hydrazone groups is 1. The number of aliphatic carboxylic acids is 1. The molecular formula is C22H21N3O6S. The molecule has 9 nitrogen and oxygen atoms in total. The van der Waals surface area contributed by atoms with Gasteiger partial charge in [0, 0.05) is 6.54 Å². The van der Waals surface area contributed by atoms with E-state index in [1.165, 1.54) is 30.3 Å². The highest BCUT2D eigenvalue weighted by Crippen LogP contribution is 2.24. The van der Waals surface area contributed by atoms with Gasteiger partial charge in [-0.2, -0.15) is 5.10 Å². The molecule has 3 rings (SSSR count). The van der Waals surface area contributed by atoms with Crippen LogP contribution in [0.5, 0.6) is 5.75 Å². The highest BCUT2D eigenvalue weighted by molar-refractivity contribution is 7.89. The van der Waals surface area contributed by atoms with Gasteiger partial charge in [0.15, 0.2) is 0 Å². The number of benzene rings is 3. The van der Waals surface area contributed by atoms with Crippen LogP contribution in [0.15, 0.2) is 70.7 Å². The van der Waals surface area contributed by atoms with Gasteiger partial charge in [0.1, 0.15) is 5.75 Å². The van der Waals surface area contributed by atoms with Crippen LogP contribution in [0, 0.1) is 0 Å². The Balaban J connectivity index is 1.70. The van der Waals surface area contributed by atoms with Crippen molar-refractivity contribution in [2.45, 2.75) is 18.2 Å². The van der Waals surface area contributed by atoms with Crippen molar-refractivity contribution < 1.29 is 28.2 Å². The zero-order valence-electron chi connectivity index (χ0n) is 17.1. The summed E-state index contributed by atoms with van der Waals surface area (Å²) in [5.74, 6) is -1.86. The molecule has 0 saturated carbocycles. The Morgan fingerprint density at radius 2 is 1.62 bits per heavy atom. The summed E-state index contributed by atoms with van der Waals surface area (Å²) in [5, 5.41) is 24.4. The number of rotatable bonds is 8. The lowest BCUT2D eigenvalue weighted by molar-refractivity contribution is -0.136. The standard InChI is InChI=1S/C22H21N3O6S/c1-14(15-6-8-18(9-7-15)32(30,31)23-11-10-21(27)28)24-25-22(29)19-12-16-4-2-3-5-17(16)13-20(19)26/h2-9,12-13,23,26H,10-11H2,1H3,(H,25,29)(H,27,28)/b24-14+. The van der Waals surface area contributed by atoms with E-state index >= 15 is 0 Å². The highest BCUT2D eigenvalue weighted by Gasteiger charge is 2.15. The van der Waals surface area contributed by atoms with Gasteiger partial charge in [-0.15, -0.1) is 0 Å². The number of aromatic hydroxyl groups is 1. The molecule has 0 atom stereocenters. The van der Waals surface area contributed by atoms with E-state index < -0.39 is 21.9 Å². The van der Waals surface area contributed by atoms with Gasteiger partial charge in [0.2, 0.25) is 10.0 Å². The van der Waals surface area contributed by atoms with E-state index in [9.17, 15) is 23.1 Å².